The van der Waals surface area contributed by atoms with Crippen LogP contribution in [-0.2, 0) is 14.3 Å². The van der Waals surface area contributed by atoms with Crippen LogP contribution in [0.4, 0.5) is 27.9 Å². The molecule has 0 spiro atoms. The smallest absolute Gasteiger partial charge is 0.407 e. The largest absolute Gasteiger partial charge is 0.457 e. The summed E-state index contributed by atoms with van der Waals surface area (Å²) in [5.41, 5.74) is 13.2. The Morgan fingerprint density at radius 3 is 2.67 bits per heavy atom. The predicted molar refractivity (Wildman–Crippen MR) is 176 cm³/mol. The van der Waals surface area contributed by atoms with E-state index in [1.807, 2.05) is 17.9 Å². The number of nitrogens with one attached hydrogen (secondary N) is 3. The van der Waals surface area contributed by atoms with Crippen LogP contribution in [0.15, 0.2) is 18.3 Å². The predicted octanol–water partition coefficient (Wildman–Crippen LogP) is 2.45. The Labute approximate surface area is 282 Å². The molecular weight excluding hydrogens is 663 g/mol. The lowest BCUT2D eigenvalue weighted by atomic mass is 10.00. The molecule has 0 bridgehead atoms. The maximum absolute atomic E-state index is 12.8. The molecule has 1 fully saturated rings. The molecule has 4 rings (SSSR count). The highest BCUT2D eigenvalue weighted by molar-refractivity contribution is 6.36. The Hall–Kier alpha value is -4.32. The van der Waals surface area contributed by atoms with Gasteiger partial charge in [-0.1, -0.05) is 11.6 Å². The first kappa shape index (κ1) is 37.9. The van der Waals surface area contributed by atoms with E-state index >= 15 is 0 Å². The molecule has 0 aliphatic carbocycles. The first-order valence-electron chi connectivity index (χ1n) is 13.9. The Kier molecular flexibility index (Phi) is 14.3. The third-order valence-electron chi connectivity index (χ3n) is 6.93. The summed E-state index contributed by atoms with van der Waals surface area (Å²) in [4.78, 5) is 35.4. The number of benzene rings is 1. The average Bonchev–Trinajstić information content (AvgIpc) is 3.45. The number of nitriles is 2. The topological polar surface area (TPSA) is 235 Å². The molecule has 1 amide bonds. The molecular formula is C27H35Cl3N12O4. The number of hydrogen-bond donors (Lipinski definition) is 5. The van der Waals surface area contributed by atoms with Crippen LogP contribution in [0, 0.1) is 22.7 Å². The third kappa shape index (κ3) is 8.68. The number of alkyl carbamates (subject to hydrolysis) is 1. The quantitative estimate of drug-likeness (QED) is 0.181. The standard InChI is InChI=1S/C27H33ClN12O4.2ClH/c1-3-33-23-24-34-13-16(12-31)40(24)38-26(37-23)35-19-9-15(11-30)10-20(22(19)28)39-8-6-18(36-27(42)43-2)21(14-39)44-25(41)17(32)5-4-7-29;;/h9-10,13,17-18,21H,3-8,14,29,32H2,1-2H3,(H,36,42)(H2,33,35,37,38);2*1H/t17-,18+,21+;;/m0../s1. The summed E-state index contributed by atoms with van der Waals surface area (Å²) in [6.07, 6.45) is 1.18. The van der Waals surface area contributed by atoms with Crippen molar-refractivity contribution in [1.29, 1.82) is 10.5 Å². The molecule has 1 aromatic carbocycles. The van der Waals surface area contributed by atoms with Crippen LogP contribution in [0.1, 0.15) is 37.4 Å². The minimum Gasteiger partial charge on any atom is -0.457 e. The summed E-state index contributed by atoms with van der Waals surface area (Å²) >= 11 is 6.90. The number of rotatable bonds is 11. The molecule has 1 aliphatic heterocycles. The lowest BCUT2D eigenvalue weighted by Gasteiger charge is -2.40. The van der Waals surface area contributed by atoms with E-state index in [0.717, 1.165) is 0 Å². The number of carbonyl (C=O) groups is 2. The van der Waals surface area contributed by atoms with Gasteiger partial charge in [0.15, 0.2) is 17.2 Å². The van der Waals surface area contributed by atoms with Gasteiger partial charge in [-0.05, 0) is 44.9 Å². The van der Waals surface area contributed by atoms with Crippen molar-refractivity contribution in [3.8, 4) is 12.1 Å². The average molecular weight is 698 g/mol. The Morgan fingerprint density at radius 2 is 2.02 bits per heavy atom. The number of esters is 1. The van der Waals surface area contributed by atoms with E-state index in [2.05, 4.69) is 37.1 Å². The van der Waals surface area contributed by atoms with Crippen LogP contribution >= 0.6 is 36.4 Å². The van der Waals surface area contributed by atoms with Crippen molar-refractivity contribution in [1.82, 2.24) is 24.9 Å². The third-order valence-corrected chi connectivity index (χ3v) is 7.33. The van der Waals surface area contributed by atoms with E-state index < -0.39 is 30.3 Å². The van der Waals surface area contributed by atoms with Crippen molar-refractivity contribution >= 4 is 77.3 Å². The van der Waals surface area contributed by atoms with Gasteiger partial charge >= 0.3 is 12.1 Å². The van der Waals surface area contributed by atoms with E-state index in [1.54, 1.807) is 12.1 Å². The molecule has 248 valence electrons. The molecule has 46 heavy (non-hydrogen) atoms. The number of nitrogens with zero attached hydrogens (tertiary/aromatic N) is 7. The second-order valence-electron chi connectivity index (χ2n) is 9.89. The number of halogens is 3. The number of methoxy groups -OCH3 is 1. The number of aromatic nitrogens is 4. The first-order valence-corrected chi connectivity index (χ1v) is 14.3. The van der Waals surface area contributed by atoms with Crippen molar-refractivity contribution in [3.05, 3.63) is 34.6 Å². The number of fused-ring (bicyclic) bond motifs is 1. The number of carbonyl (C=O) groups excluding carboxylic acids is 2. The normalized spacial score (nSPS) is 16.1. The maximum atomic E-state index is 12.8. The number of amides is 1. The molecule has 0 unspecified atom stereocenters. The van der Waals surface area contributed by atoms with E-state index in [9.17, 15) is 20.1 Å². The van der Waals surface area contributed by atoms with Crippen molar-refractivity contribution in [2.24, 2.45) is 11.5 Å². The number of anilines is 4. The molecule has 3 heterocycles. The van der Waals surface area contributed by atoms with E-state index in [1.165, 1.54) is 17.8 Å². The van der Waals surface area contributed by atoms with Gasteiger partial charge in [0.25, 0.3) is 0 Å². The van der Waals surface area contributed by atoms with Crippen LogP contribution < -0.4 is 32.3 Å². The van der Waals surface area contributed by atoms with E-state index in [4.69, 9.17) is 32.5 Å². The molecule has 1 saturated heterocycles. The summed E-state index contributed by atoms with van der Waals surface area (Å²) in [7, 11) is 1.24. The number of nitrogens with two attached hydrogens (primary N) is 2. The summed E-state index contributed by atoms with van der Waals surface area (Å²) in [6, 6.07) is 5.90. The lowest BCUT2D eigenvalue weighted by molar-refractivity contribution is -0.152. The summed E-state index contributed by atoms with van der Waals surface area (Å²) in [5.74, 6) is -0.125. The monoisotopic (exact) mass is 696 g/mol. The second-order valence-corrected chi connectivity index (χ2v) is 10.3. The Bertz CT molecular complexity index is 1610. The van der Waals surface area contributed by atoms with Crippen molar-refractivity contribution in [2.45, 2.75) is 44.4 Å². The molecule has 7 N–H and O–H groups in total. The van der Waals surface area contributed by atoms with Crippen LogP contribution in [-0.4, -0.2) is 83.1 Å². The molecule has 16 nitrogen and oxygen atoms in total. The van der Waals surface area contributed by atoms with Gasteiger partial charge in [-0.15, -0.1) is 29.9 Å². The highest BCUT2D eigenvalue weighted by Gasteiger charge is 2.35. The fourth-order valence-electron chi connectivity index (χ4n) is 4.73. The molecule has 3 atom stereocenters. The van der Waals surface area contributed by atoms with Gasteiger partial charge in [-0.25, -0.2) is 9.78 Å². The zero-order valence-electron chi connectivity index (χ0n) is 25.0. The van der Waals surface area contributed by atoms with Crippen LogP contribution in [0.3, 0.4) is 0 Å². The van der Waals surface area contributed by atoms with Gasteiger partial charge in [-0.2, -0.15) is 20.0 Å². The molecule has 1 aliphatic rings. The van der Waals surface area contributed by atoms with Gasteiger partial charge in [0, 0.05) is 13.1 Å². The zero-order chi connectivity index (χ0) is 31.8. The highest BCUT2D eigenvalue weighted by Crippen LogP contribution is 2.37. The van der Waals surface area contributed by atoms with Crippen LogP contribution in [0.5, 0.6) is 0 Å². The minimum atomic E-state index is -0.879. The SMILES string of the molecule is CCNc1nc(Nc2cc(C#N)cc(N3CC[C@@H](NC(=O)OC)[C@H](OC(=O)[C@@H](N)CCCN)C3)c2Cl)nn2c(C#N)cnc12.Cl.Cl. The zero-order valence-corrected chi connectivity index (χ0v) is 27.4. The highest BCUT2D eigenvalue weighted by atomic mass is 35.5. The van der Waals surface area contributed by atoms with Gasteiger partial charge < -0.3 is 41.8 Å². The second kappa shape index (κ2) is 17.4. The number of piperidine rings is 1. The first-order chi connectivity index (χ1) is 21.2. The number of ether oxygens (including phenoxy) is 2. The molecule has 0 radical (unpaired) electrons. The van der Waals surface area contributed by atoms with Crippen LogP contribution in [0.2, 0.25) is 5.02 Å². The fourth-order valence-corrected chi connectivity index (χ4v) is 5.01. The van der Waals surface area contributed by atoms with E-state index in [-0.39, 0.29) is 53.6 Å². The summed E-state index contributed by atoms with van der Waals surface area (Å²) in [6.45, 7) is 3.34. The Balaban J connectivity index is 0.00000368. The number of imidazole rings is 1. The maximum Gasteiger partial charge on any atom is 0.407 e. The number of hydrogen-bond acceptors (Lipinski definition) is 14. The summed E-state index contributed by atoms with van der Waals surface area (Å²) in [5, 5.41) is 32.8. The van der Waals surface area contributed by atoms with Crippen molar-refractivity contribution in [2.75, 3.05) is 48.8 Å². The molecule has 2 aromatic heterocycles. The molecule has 3 aromatic rings. The van der Waals surface area contributed by atoms with Crippen molar-refractivity contribution < 1.29 is 19.1 Å². The van der Waals surface area contributed by atoms with Gasteiger partial charge in [0.05, 0.1) is 53.9 Å². The minimum absolute atomic E-state index is 0. The van der Waals surface area contributed by atoms with Crippen LogP contribution in [0.25, 0.3) is 5.65 Å². The van der Waals surface area contributed by atoms with Gasteiger partial charge in [0.2, 0.25) is 5.95 Å². The fraction of sp³-hybridized carbons (Fsp3) is 0.444. The van der Waals surface area contributed by atoms with E-state index in [0.29, 0.717) is 61.7 Å². The molecule has 19 heteroatoms. The Morgan fingerprint density at radius 1 is 1.26 bits per heavy atom. The lowest BCUT2D eigenvalue weighted by Crippen LogP contribution is -2.56. The molecule has 0 saturated carbocycles. The van der Waals surface area contributed by atoms with Gasteiger partial charge in [0.1, 0.15) is 18.2 Å². The van der Waals surface area contributed by atoms with Crippen molar-refractivity contribution in [3.63, 3.8) is 0 Å². The summed E-state index contributed by atoms with van der Waals surface area (Å²) < 4.78 is 11.9. The van der Waals surface area contributed by atoms with Gasteiger partial charge in [-0.3, -0.25) is 4.79 Å².